The minimum atomic E-state index is 0.0819. The van der Waals surface area contributed by atoms with Gasteiger partial charge in [0.15, 0.2) is 5.17 Å². The maximum Gasteiger partial charge on any atom is 0.233 e. The Morgan fingerprint density at radius 1 is 1.65 bits per heavy atom. The average Bonchev–Trinajstić information content (AvgIpc) is 2.82. The first kappa shape index (κ1) is 12.3. The van der Waals surface area contributed by atoms with Crippen molar-refractivity contribution in [3.05, 3.63) is 21.9 Å². The molecule has 92 valence electrons. The van der Waals surface area contributed by atoms with E-state index < -0.39 is 0 Å². The predicted molar refractivity (Wildman–Crippen MR) is 71.7 cm³/mol. The van der Waals surface area contributed by atoms with E-state index in [1.165, 1.54) is 22.2 Å². The number of carbonyl (C=O) groups is 1. The van der Waals surface area contributed by atoms with Gasteiger partial charge in [0.1, 0.15) is 0 Å². The number of amides is 1. The number of hydrogen-bond acceptors (Lipinski definition) is 5. The molecule has 0 atom stereocenters. The number of nitrogens with two attached hydrogens (primary N) is 2. The molecule has 2 rings (SSSR count). The molecule has 0 aromatic carbocycles. The van der Waals surface area contributed by atoms with Gasteiger partial charge >= 0.3 is 0 Å². The Bertz CT molecular complexity index is 443. The lowest BCUT2D eigenvalue weighted by molar-refractivity contribution is -0.129. The summed E-state index contributed by atoms with van der Waals surface area (Å²) in [6.07, 6.45) is 0.948. The van der Waals surface area contributed by atoms with E-state index in [1.54, 1.807) is 11.3 Å². The number of nitrogens with zero attached hydrogens (tertiary/aromatic N) is 2. The largest absolute Gasteiger partial charge is 0.377 e. The van der Waals surface area contributed by atoms with Crippen LogP contribution in [0.3, 0.4) is 0 Å². The number of hydrogen-bond donors (Lipinski definition) is 2. The topological polar surface area (TPSA) is 84.7 Å². The van der Waals surface area contributed by atoms with E-state index in [1.807, 2.05) is 4.90 Å². The monoisotopic (exact) mass is 270 g/mol. The summed E-state index contributed by atoms with van der Waals surface area (Å²) in [7, 11) is 0. The quantitative estimate of drug-likeness (QED) is 0.356. The molecule has 0 spiro atoms. The zero-order chi connectivity index (χ0) is 12.3. The highest BCUT2D eigenvalue weighted by Crippen LogP contribution is 2.24. The molecule has 0 aliphatic carbocycles. The zero-order valence-electron chi connectivity index (χ0n) is 9.26. The lowest BCUT2D eigenvalue weighted by atomic mass is 10.1. The highest BCUT2D eigenvalue weighted by molar-refractivity contribution is 8.14. The van der Waals surface area contributed by atoms with E-state index in [2.05, 4.69) is 16.5 Å². The molecule has 2 heterocycles. The second-order valence-corrected chi connectivity index (χ2v) is 5.69. The predicted octanol–water partition coefficient (Wildman–Crippen LogP) is 0.554. The molecule has 0 saturated heterocycles. The molecule has 17 heavy (non-hydrogen) atoms. The summed E-state index contributed by atoms with van der Waals surface area (Å²) in [5.74, 6) is 5.38. The molecule has 1 aliphatic rings. The highest BCUT2D eigenvalue weighted by atomic mass is 32.2. The third-order valence-electron chi connectivity index (χ3n) is 2.63. The third-order valence-corrected chi connectivity index (χ3v) is 4.45. The van der Waals surface area contributed by atoms with Crippen LogP contribution in [0.1, 0.15) is 10.4 Å². The summed E-state index contributed by atoms with van der Waals surface area (Å²) in [4.78, 5) is 15.2. The maximum atomic E-state index is 11.9. The van der Waals surface area contributed by atoms with E-state index in [4.69, 9.17) is 11.6 Å². The molecule has 5 nitrogen and oxygen atoms in total. The zero-order valence-corrected chi connectivity index (χ0v) is 10.9. The second kappa shape index (κ2) is 5.42. The number of amidine groups is 1. The van der Waals surface area contributed by atoms with Crippen molar-refractivity contribution in [2.75, 3.05) is 12.3 Å². The van der Waals surface area contributed by atoms with Crippen LogP contribution in [-0.2, 0) is 17.8 Å². The van der Waals surface area contributed by atoms with Crippen LogP contribution >= 0.6 is 23.1 Å². The molecule has 0 unspecified atom stereocenters. The van der Waals surface area contributed by atoms with Crippen LogP contribution < -0.4 is 11.6 Å². The Morgan fingerprint density at radius 3 is 3.24 bits per heavy atom. The van der Waals surface area contributed by atoms with Gasteiger partial charge in [0.2, 0.25) is 5.91 Å². The SMILES string of the molecule is NN=C(N)SCC(=O)N1CCc2sccc2C1. The molecule has 0 bridgehead atoms. The third kappa shape index (κ3) is 2.92. The number of thioether (sulfide) groups is 1. The van der Waals surface area contributed by atoms with Crippen molar-refractivity contribution in [3.63, 3.8) is 0 Å². The standard InChI is InChI=1S/C10H14N4OS2/c11-10(13-12)17-6-9(15)14-3-1-8-7(5-14)2-4-16-8/h2,4H,1,3,5-6,12H2,(H2,11,13). The van der Waals surface area contributed by atoms with Crippen molar-refractivity contribution in [2.45, 2.75) is 13.0 Å². The Kier molecular flexibility index (Phi) is 3.90. The van der Waals surface area contributed by atoms with Crippen LogP contribution in [-0.4, -0.2) is 28.3 Å². The van der Waals surface area contributed by atoms with Crippen molar-refractivity contribution < 1.29 is 4.79 Å². The normalized spacial score (nSPS) is 15.8. The van der Waals surface area contributed by atoms with Gasteiger partial charge in [-0.1, -0.05) is 11.8 Å². The molecular weight excluding hydrogens is 256 g/mol. The summed E-state index contributed by atoms with van der Waals surface area (Å²) in [5.41, 5.74) is 6.69. The molecular formula is C10H14N4OS2. The molecule has 0 saturated carbocycles. The molecule has 1 aromatic heterocycles. The van der Waals surface area contributed by atoms with Crippen molar-refractivity contribution in [2.24, 2.45) is 16.7 Å². The Morgan fingerprint density at radius 2 is 2.47 bits per heavy atom. The first-order valence-corrected chi connectivity index (χ1v) is 7.06. The summed E-state index contributed by atoms with van der Waals surface area (Å²) in [6, 6.07) is 2.09. The fourth-order valence-corrected chi connectivity index (χ4v) is 3.14. The van der Waals surface area contributed by atoms with Gasteiger partial charge in [-0.05, 0) is 23.4 Å². The number of carbonyl (C=O) groups excluding carboxylic acids is 1. The molecule has 7 heteroatoms. The van der Waals surface area contributed by atoms with Crippen LogP contribution in [0.5, 0.6) is 0 Å². The minimum absolute atomic E-state index is 0.0819. The van der Waals surface area contributed by atoms with Gasteiger partial charge in [0.25, 0.3) is 0 Å². The number of hydrazone groups is 1. The number of thiophene rings is 1. The van der Waals surface area contributed by atoms with Crippen LogP contribution in [0.2, 0.25) is 0 Å². The lowest BCUT2D eigenvalue weighted by Gasteiger charge is -2.26. The van der Waals surface area contributed by atoms with Gasteiger partial charge in [-0.25, -0.2) is 0 Å². The first-order chi connectivity index (χ1) is 8.20. The van der Waals surface area contributed by atoms with E-state index in [-0.39, 0.29) is 11.1 Å². The van der Waals surface area contributed by atoms with Crippen molar-refractivity contribution in [1.82, 2.24) is 4.90 Å². The smallest absolute Gasteiger partial charge is 0.233 e. The van der Waals surface area contributed by atoms with Crippen molar-refractivity contribution in [3.8, 4) is 0 Å². The van der Waals surface area contributed by atoms with Gasteiger partial charge in [-0.3, -0.25) is 4.79 Å². The van der Waals surface area contributed by atoms with Crippen LogP contribution in [0.15, 0.2) is 16.5 Å². The number of fused-ring (bicyclic) bond motifs is 1. The van der Waals surface area contributed by atoms with Crippen molar-refractivity contribution in [1.29, 1.82) is 0 Å². The summed E-state index contributed by atoms with van der Waals surface area (Å²) >= 11 is 2.94. The maximum absolute atomic E-state index is 11.9. The Balaban J connectivity index is 1.90. The molecule has 0 radical (unpaired) electrons. The Hall–Kier alpha value is -1.21. The minimum Gasteiger partial charge on any atom is -0.377 e. The Labute approximate surface area is 108 Å². The van der Waals surface area contributed by atoms with Crippen molar-refractivity contribution >= 4 is 34.2 Å². The molecule has 4 N–H and O–H groups in total. The second-order valence-electron chi connectivity index (χ2n) is 3.69. The highest BCUT2D eigenvalue weighted by Gasteiger charge is 2.21. The van der Waals surface area contributed by atoms with E-state index in [9.17, 15) is 4.79 Å². The van der Waals surface area contributed by atoms with Crippen LogP contribution in [0, 0.1) is 0 Å². The van der Waals surface area contributed by atoms with Gasteiger partial charge in [-0.2, -0.15) is 5.10 Å². The first-order valence-electron chi connectivity index (χ1n) is 5.20. The molecule has 1 amide bonds. The van der Waals surface area contributed by atoms with E-state index in [0.29, 0.717) is 12.3 Å². The summed E-state index contributed by atoms with van der Waals surface area (Å²) < 4.78 is 0. The summed E-state index contributed by atoms with van der Waals surface area (Å²) in [6.45, 7) is 1.49. The van der Waals surface area contributed by atoms with Crippen LogP contribution in [0.4, 0.5) is 0 Å². The molecule has 1 aromatic rings. The van der Waals surface area contributed by atoms with E-state index in [0.717, 1.165) is 13.0 Å². The van der Waals surface area contributed by atoms with Crippen LogP contribution in [0.25, 0.3) is 0 Å². The molecule has 0 fully saturated rings. The number of rotatable bonds is 2. The van der Waals surface area contributed by atoms with Gasteiger partial charge in [-0.15, -0.1) is 11.3 Å². The van der Waals surface area contributed by atoms with Gasteiger partial charge in [0.05, 0.1) is 5.75 Å². The fraction of sp³-hybridized carbons (Fsp3) is 0.400. The lowest BCUT2D eigenvalue weighted by Crippen LogP contribution is -2.36. The van der Waals surface area contributed by atoms with Gasteiger partial charge in [0, 0.05) is 18.0 Å². The molecule has 1 aliphatic heterocycles. The summed E-state index contributed by atoms with van der Waals surface area (Å²) in [5, 5.41) is 5.64. The van der Waals surface area contributed by atoms with Gasteiger partial charge < -0.3 is 16.5 Å². The average molecular weight is 270 g/mol. The fourth-order valence-electron chi connectivity index (χ4n) is 1.73. The van der Waals surface area contributed by atoms with E-state index >= 15 is 0 Å².